The second kappa shape index (κ2) is 6.42. The van der Waals surface area contributed by atoms with Crippen molar-refractivity contribution in [1.29, 1.82) is 0 Å². The van der Waals surface area contributed by atoms with Gasteiger partial charge >= 0.3 is 12.4 Å². The highest BCUT2D eigenvalue weighted by molar-refractivity contribution is 5.59. The topological polar surface area (TPSA) is 65.2 Å². The van der Waals surface area contributed by atoms with Gasteiger partial charge in [-0.1, -0.05) is 0 Å². The van der Waals surface area contributed by atoms with Gasteiger partial charge in [-0.05, 0) is 18.2 Å². The third-order valence-electron chi connectivity index (χ3n) is 3.10. The molecule has 0 fully saturated rings. The molecule has 6 nitrogen and oxygen atoms in total. The smallest absolute Gasteiger partial charge is 0.422 e. The predicted octanol–water partition coefficient (Wildman–Crippen LogP) is 3.23. The van der Waals surface area contributed by atoms with Gasteiger partial charge in [0.1, 0.15) is 6.42 Å². The fourth-order valence-electron chi connectivity index (χ4n) is 2.05. The normalized spacial score (nSPS) is 12.5. The first-order chi connectivity index (χ1) is 12.1. The molecule has 0 aliphatic heterocycles. The van der Waals surface area contributed by atoms with Crippen LogP contribution in [0.25, 0.3) is 16.9 Å². The summed E-state index contributed by atoms with van der Waals surface area (Å²) in [5.41, 5.74) is 0.750. The molecular weight excluding hydrogens is 368 g/mol. The Labute approximate surface area is 141 Å². The molecule has 3 aromatic rings. The molecule has 3 heterocycles. The lowest BCUT2D eigenvalue weighted by molar-refractivity contribution is -0.154. The Bertz CT molecular complexity index is 903. The maximum atomic E-state index is 12.6. The fourth-order valence-corrected chi connectivity index (χ4v) is 2.05. The standard InChI is InChI=1S/C14H9F6N5O/c15-13(16,17)5-11-23-22-10-3-2-9(24-25(10)11)8-1-4-12(21-6-8)26-7-14(18,19)20/h1-4,6H,5,7H2. The summed E-state index contributed by atoms with van der Waals surface area (Å²) in [5, 5.41) is 11.1. The highest BCUT2D eigenvalue weighted by atomic mass is 19.4. The van der Waals surface area contributed by atoms with E-state index in [9.17, 15) is 26.3 Å². The molecule has 0 amide bonds. The zero-order valence-electron chi connectivity index (χ0n) is 12.7. The molecule has 3 rings (SSSR count). The van der Waals surface area contributed by atoms with Gasteiger partial charge in [0.05, 0.1) is 5.69 Å². The quantitative estimate of drug-likeness (QED) is 0.654. The minimum absolute atomic E-state index is 0.131. The first-order valence-corrected chi connectivity index (χ1v) is 7.05. The van der Waals surface area contributed by atoms with Crippen LogP contribution in [0, 0.1) is 0 Å². The number of rotatable bonds is 4. The molecular formula is C14H9F6N5O. The summed E-state index contributed by atoms with van der Waals surface area (Å²) >= 11 is 0. The minimum Gasteiger partial charge on any atom is -0.468 e. The number of fused-ring (bicyclic) bond motifs is 1. The molecule has 0 saturated heterocycles. The zero-order chi connectivity index (χ0) is 18.9. The average molecular weight is 377 g/mol. The van der Waals surface area contributed by atoms with E-state index < -0.39 is 25.4 Å². The van der Waals surface area contributed by atoms with Crippen molar-refractivity contribution >= 4 is 5.65 Å². The SMILES string of the molecule is FC(F)(F)COc1ccc(-c2ccc3nnc(CC(F)(F)F)n3n2)cn1. The molecule has 0 spiro atoms. The third-order valence-corrected chi connectivity index (χ3v) is 3.10. The van der Waals surface area contributed by atoms with Crippen LogP contribution in [0.3, 0.4) is 0 Å². The van der Waals surface area contributed by atoms with E-state index in [1.807, 2.05) is 0 Å². The maximum Gasteiger partial charge on any atom is 0.422 e. The van der Waals surface area contributed by atoms with Crippen molar-refractivity contribution < 1.29 is 31.1 Å². The first-order valence-electron chi connectivity index (χ1n) is 7.05. The van der Waals surface area contributed by atoms with E-state index >= 15 is 0 Å². The van der Waals surface area contributed by atoms with Gasteiger partial charge in [0.15, 0.2) is 18.1 Å². The summed E-state index contributed by atoms with van der Waals surface area (Å²) in [6.45, 7) is -1.48. The number of halogens is 6. The van der Waals surface area contributed by atoms with Gasteiger partial charge < -0.3 is 4.74 Å². The highest BCUT2D eigenvalue weighted by Gasteiger charge is 2.31. The Morgan fingerprint density at radius 1 is 0.923 bits per heavy atom. The lowest BCUT2D eigenvalue weighted by Gasteiger charge is -2.09. The molecule has 0 N–H and O–H groups in total. The number of aromatic nitrogens is 5. The molecule has 0 unspecified atom stereocenters. The number of hydrogen-bond donors (Lipinski definition) is 0. The molecule has 0 atom stereocenters. The van der Waals surface area contributed by atoms with Gasteiger partial charge in [0.2, 0.25) is 5.88 Å². The number of alkyl halides is 6. The molecule has 138 valence electrons. The Morgan fingerprint density at radius 2 is 1.69 bits per heavy atom. The van der Waals surface area contributed by atoms with Gasteiger partial charge in [-0.15, -0.1) is 10.2 Å². The summed E-state index contributed by atoms with van der Waals surface area (Å²) < 4.78 is 79.4. The number of pyridine rings is 1. The summed E-state index contributed by atoms with van der Waals surface area (Å²) in [4.78, 5) is 3.72. The van der Waals surface area contributed by atoms with Gasteiger partial charge in [0.25, 0.3) is 0 Å². The van der Waals surface area contributed by atoms with Crippen LogP contribution in [0.2, 0.25) is 0 Å². The monoisotopic (exact) mass is 377 g/mol. The van der Waals surface area contributed by atoms with Crippen LogP contribution < -0.4 is 4.74 Å². The Kier molecular flexibility index (Phi) is 4.42. The van der Waals surface area contributed by atoms with Crippen molar-refractivity contribution in [3.8, 4) is 17.1 Å². The Balaban J connectivity index is 1.84. The summed E-state index contributed by atoms with van der Waals surface area (Å²) in [6.07, 6.45) is -9.06. The van der Waals surface area contributed by atoms with Gasteiger partial charge in [-0.2, -0.15) is 36.0 Å². The third kappa shape index (κ3) is 4.37. The Hall–Kier alpha value is -2.92. The average Bonchev–Trinajstić information content (AvgIpc) is 2.93. The first kappa shape index (κ1) is 17.9. The van der Waals surface area contributed by atoms with Crippen LogP contribution in [0.4, 0.5) is 26.3 Å². The predicted molar refractivity (Wildman–Crippen MR) is 75.3 cm³/mol. The van der Waals surface area contributed by atoms with E-state index in [0.29, 0.717) is 5.56 Å². The number of nitrogens with zero attached hydrogens (tertiary/aromatic N) is 5. The molecule has 3 aromatic heterocycles. The van der Waals surface area contributed by atoms with E-state index in [1.54, 1.807) is 0 Å². The van der Waals surface area contributed by atoms with Crippen LogP contribution >= 0.6 is 0 Å². The molecule has 0 radical (unpaired) electrons. The van der Waals surface area contributed by atoms with Crippen LogP contribution in [0.15, 0.2) is 30.5 Å². The molecule has 0 aromatic carbocycles. The highest BCUT2D eigenvalue weighted by Crippen LogP contribution is 2.23. The molecule has 0 aliphatic carbocycles. The molecule has 0 bridgehead atoms. The van der Waals surface area contributed by atoms with Gasteiger partial charge in [-0.3, -0.25) is 0 Å². The van der Waals surface area contributed by atoms with Crippen LogP contribution in [0.5, 0.6) is 5.88 Å². The second-order valence-corrected chi connectivity index (χ2v) is 5.19. The molecule has 0 aliphatic rings. The van der Waals surface area contributed by atoms with Gasteiger partial charge in [-0.25, -0.2) is 4.98 Å². The van der Waals surface area contributed by atoms with E-state index in [1.165, 1.54) is 30.5 Å². The summed E-state index contributed by atoms with van der Waals surface area (Å²) in [6, 6.07) is 5.49. The van der Waals surface area contributed by atoms with Crippen molar-refractivity contribution in [3.05, 3.63) is 36.3 Å². The van der Waals surface area contributed by atoms with Crippen LogP contribution in [0.1, 0.15) is 5.82 Å². The van der Waals surface area contributed by atoms with Crippen LogP contribution in [-0.2, 0) is 6.42 Å². The van der Waals surface area contributed by atoms with Gasteiger partial charge in [0, 0.05) is 17.8 Å². The largest absolute Gasteiger partial charge is 0.468 e. The number of hydrogen-bond acceptors (Lipinski definition) is 5. The Morgan fingerprint density at radius 3 is 2.31 bits per heavy atom. The molecule has 26 heavy (non-hydrogen) atoms. The van der Waals surface area contributed by atoms with Crippen molar-refractivity contribution in [2.45, 2.75) is 18.8 Å². The fraction of sp³-hybridized carbons (Fsp3) is 0.286. The minimum atomic E-state index is -4.49. The maximum absolute atomic E-state index is 12.6. The van der Waals surface area contributed by atoms with Crippen molar-refractivity contribution in [2.24, 2.45) is 0 Å². The van der Waals surface area contributed by atoms with E-state index in [-0.39, 0.29) is 23.0 Å². The molecule has 0 saturated carbocycles. The van der Waals surface area contributed by atoms with E-state index in [0.717, 1.165) is 4.52 Å². The van der Waals surface area contributed by atoms with Crippen molar-refractivity contribution in [2.75, 3.05) is 6.61 Å². The number of ether oxygens (including phenoxy) is 1. The lowest BCUT2D eigenvalue weighted by atomic mass is 10.2. The lowest BCUT2D eigenvalue weighted by Crippen LogP contribution is -2.19. The van der Waals surface area contributed by atoms with Crippen molar-refractivity contribution in [1.82, 2.24) is 24.8 Å². The second-order valence-electron chi connectivity index (χ2n) is 5.19. The van der Waals surface area contributed by atoms with E-state index in [4.69, 9.17) is 0 Å². The summed E-state index contributed by atoms with van der Waals surface area (Å²) in [7, 11) is 0. The summed E-state index contributed by atoms with van der Waals surface area (Å²) in [5.74, 6) is -0.623. The van der Waals surface area contributed by atoms with E-state index in [2.05, 4.69) is 25.0 Å². The van der Waals surface area contributed by atoms with Crippen LogP contribution in [-0.4, -0.2) is 43.8 Å². The zero-order valence-corrected chi connectivity index (χ0v) is 12.7. The van der Waals surface area contributed by atoms with Crippen molar-refractivity contribution in [3.63, 3.8) is 0 Å². The molecule has 12 heteroatoms.